The van der Waals surface area contributed by atoms with Crippen LogP contribution in [0.4, 0.5) is 5.69 Å². The van der Waals surface area contributed by atoms with Gasteiger partial charge in [-0.3, -0.25) is 9.78 Å². The molecule has 3 rings (SSSR count). The highest BCUT2D eigenvalue weighted by molar-refractivity contribution is 14.1. The van der Waals surface area contributed by atoms with E-state index in [0.29, 0.717) is 23.8 Å². The third-order valence-corrected chi connectivity index (χ3v) is 4.13. The largest absolute Gasteiger partial charge is 0.487 e. The first-order valence-corrected chi connectivity index (χ1v) is 9.08. The first-order chi connectivity index (χ1) is 12.7. The number of aromatic nitrogens is 1. The van der Waals surface area contributed by atoms with E-state index in [9.17, 15) is 4.79 Å². The zero-order chi connectivity index (χ0) is 18.2. The van der Waals surface area contributed by atoms with E-state index >= 15 is 0 Å². The van der Waals surface area contributed by atoms with Crippen LogP contribution < -0.4 is 14.8 Å². The third kappa shape index (κ3) is 5.73. The number of amides is 1. The molecule has 0 saturated carbocycles. The van der Waals surface area contributed by atoms with Crippen LogP contribution in [-0.4, -0.2) is 17.5 Å². The maximum Gasteiger partial charge on any atom is 0.262 e. The molecule has 0 unspecified atom stereocenters. The number of ether oxygens (including phenoxy) is 2. The van der Waals surface area contributed by atoms with Crippen molar-refractivity contribution in [3.8, 4) is 11.5 Å². The van der Waals surface area contributed by atoms with Gasteiger partial charge in [-0.1, -0.05) is 12.1 Å². The Morgan fingerprint density at radius 2 is 1.81 bits per heavy atom. The van der Waals surface area contributed by atoms with Crippen molar-refractivity contribution in [2.75, 3.05) is 11.9 Å². The van der Waals surface area contributed by atoms with Gasteiger partial charge in [-0.15, -0.1) is 0 Å². The normalized spacial score (nSPS) is 10.2. The van der Waals surface area contributed by atoms with E-state index in [4.69, 9.17) is 9.47 Å². The second-order valence-electron chi connectivity index (χ2n) is 5.43. The number of nitrogens with one attached hydrogen (secondary N) is 1. The molecule has 1 aromatic heterocycles. The van der Waals surface area contributed by atoms with Crippen molar-refractivity contribution in [1.82, 2.24) is 4.98 Å². The Morgan fingerprint density at radius 3 is 2.58 bits per heavy atom. The summed E-state index contributed by atoms with van der Waals surface area (Å²) in [4.78, 5) is 16.3. The van der Waals surface area contributed by atoms with Gasteiger partial charge in [0.25, 0.3) is 5.91 Å². The van der Waals surface area contributed by atoms with Crippen LogP contribution in [0.2, 0.25) is 0 Å². The van der Waals surface area contributed by atoms with E-state index in [1.807, 2.05) is 54.6 Å². The molecule has 1 amide bonds. The van der Waals surface area contributed by atoms with Crippen LogP contribution in [0.25, 0.3) is 0 Å². The molecule has 0 aliphatic rings. The lowest BCUT2D eigenvalue weighted by molar-refractivity contribution is -0.118. The number of hydrogen-bond donors (Lipinski definition) is 1. The van der Waals surface area contributed by atoms with Gasteiger partial charge in [0.15, 0.2) is 6.61 Å². The van der Waals surface area contributed by atoms with E-state index in [1.54, 1.807) is 18.3 Å². The van der Waals surface area contributed by atoms with E-state index in [1.165, 1.54) is 0 Å². The summed E-state index contributed by atoms with van der Waals surface area (Å²) in [5.74, 6) is 1.09. The van der Waals surface area contributed by atoms with E-state index in [-0.39, 0.29) is 12.5 Å². The Kier molecular flexibility index (Phi) is 6.43. The molecule has 26 heavy (non-hydrogen) atoms. The molecule has 1 N–H and O–H groups in total. The SMILES string of the molecule is O=C(COc1ccc(I)cc1)Nc1cccc(OCc2ccccn2)c1. The summed E-state index contributed by atoms with van der Waals surface area (Å²) in [5, 5.41) is 2.80. The minimum atomic E-state index is -0.231. The fraction of sp³-hybridized carbons (Fsp3) is 0.100. The summed E-state index contributed by atoms with van der Waals surface area (Å²) in [6.07, 6.45) is 1.73. The molecule has 6 heteroatoms. The maximum absolute atomic E-state index is 12.1. The number of pyridine rings is 1. The summed E-state index contributed by atoms with van der Waals surface area (Å²) in [5.41, 5.74) is 1.49. The average Bonchev–Trinajstić information content (AvgIpc) is 2.67. The highest BCUT2D eigenvalue weighted by Gasteiger charge is 2.05. The summed E-state index contributed by atoms with van der Waals surface area (Å²) in [6, 6.07) is 20.4. The van der Waals surface area contributed by atoms with Crippen LogP contribution in [0.3, 0.4) is 0 Å². The van der Waals surface area contributed by atoms with Gasteiger partial charge in [0, 0.05) is 21.5 Å². The molecule has 0 atom stereocenters. The molecule has 0 aliphatic heterocycles. The molecule has 0 bridgehead atoms. The lowest BCUT2D eigenvalue weighted by atomic mass is 10.3. The van der Waals surface area contributed by atoms with Crippen molar-refractivity contribution in [2.24, 2.45) is 0 Å². The molecule has 132 valence electrons. The van der Waals surface area contributed by atoms with E-state index in [2.05, 4.69) is 32.9 Å². The van der Waals surface area contributed by atoms with Gasteiger partial charge in [-0.2, -0.15) is 0 Å². The van der Waals surface area contributed by atoms with E-state index < -0.39 is 0 Å². The molecule has 0 spiro atoms. The fourth-order valence-electron chi connectivity index (χ4n) is 2.18. The second kappa shape index (κ2) is 9.19. The summed E-state index contributed by atoms with van der Waals surface area (Å²) < 4.78 is 12.3. The fourth-order valence-corrected chi connectivity index (χ4v) is 2.54. The van der Waals surface area contributed by atoms with Crippen LogP contribution in [0.1, 0.15) is 5.69 Å². The van der Waals surface area contributed by atoms with Gasteiger partial charge in [-0.05, 0) is 71.1 Å². The van der Waals surface area contributed by atoms with Gasteiger partial charge in [0.1, 0.15) is 18.1 Å². The summed E-state index contributed by atoms with van der Waals surface area (Å²) in [6.45, 7) is 0.313. The lowest BCUT2D eigenvalue weighted by Crippen LogP contribution is -2.20. The van der Waals surface area contributed by atoms with Crippen molar-refractivity contribution in [3.05, 3.63) is 82.2 Å². The van der Waals surface area contributed by atoms with Crippen molar-refractivity contribution in [1.29, 1.82) is 0 Å². The molecule has 0 saturated heterocycles. The number of rotatable bonds is 7. The Labute approximate surface area is 165 Å². The van der Waals surface area contributed by atoms with Gasteiger partial charge >= 0.3 is 0 Å². The number of carbonyl (C=O) groups excluding carboxylic acids is 1. The number of benzene rings is 2. The van der Waals surface area contributed by atoms with Gasteiger partial charge in [0.05, 0.1) is 5.69 Å². The van der Waals surface area contributed by atoms with Crippen molar-refractivity contribution in [3.63, 3.8) is 0 Å². The van der Waals surface area contributed by atoms with Crippen LogP contribution in [0.5, 0.6) is 11.5 Å². The quantitative estimate of drug-likeness (QED) is 0.535. The molecule has 0 fully saturated rings. The topological polar surface area (TPSA) is 60.5 Å². The van der Waals surface area contributed by atoms with Crippen LogP contribution in [0, 0.1) is 3.57 Å². The molecule has 0 aliphatic carbocycles. The van der Waals surface area contributed by atoms with Crippen LogP contribution in [-0.2, 0) is 11.4 Å². The standard InChI is InChI=1S/C20H17IN2O3/c21-15-7-9-18(10-8-15)26-14-20(24)23-16-5-3-6-19(12-16)25-13-17-4-1-2-11-22-17/h1-12H,13-14H2,(H,23,24). The highest BCUT2D eigenvalue weighted by atomic mass is 127. The number of carbonyl (C=O) groups is 1. The minimum Gasteiger partial charge on any atom is -0.487 e. The molecule has 0 radical (unpaired) electrons. The van der Waals surface area contributed by atoms with Gasteiger partial charge in [-0.25, -0.2) is 0 Å². The smallest absolute Gasteiger partial charge is 0.262 e. The average molecular weight is 460 g/mol. The Balaban J connectivity index is 1.51. The summed E-state index contributed by atoms with van der Waals surface area (Å²) in [7, 11) is 0. The van der Waals surface area contributed by atoms with Gasteiger partial charge in [0.2, 0.25) is 0 Å². The van der Waals surface area contributed by atoms with Crippen LogP contribution in [0.15, 0.2) is 72.9 Å². The molecule has 2 aromatic carbocycles. The number of hydrogen-bond acceptors (Lipinski definition) is 4. The minimum absolute atomic E-state index is 0.0559. The maximum atomic E-state index is 12.1. The zero-order valence-electron chi connectivity index (χ0n) is 13.9. The molecular weight excluding hydrogens is 443 g/mol. The second-order valence-corrected chi connectivity index (χ2v) is 6.67. The third-order valence-electron chi connectivity index (χ3n) is 3.41. The van der Waals surface area contributed by atoms with E-state index in [0.717, 1.165) is 9.26 Å². The predicted molar refractivity (Wildman–Crippen MR) is 108 cm³/mol. The first kappa shape index (κ1) is 18.2. The van der Waals surface area contributed by atoms with Crippen molar-refractivity contribution in [2.45, 2.75) is 6.61 Å². The number of anilines is 1. The monoisotopic (exact) mass is 460 g/mol. The highest BCUT2D eigenvalue weighted by Crippen LogP contribution is 2.19. The molecule has 3 aromatic rings. The van der Waals surface area contributed by atoms with Gasteiger partial charge < -0.3 is 14.8 Å². The Hall–Kier alpha value is -2.61. The number of halogens is 1. The summed E-state index contributed by atoms with van der Waals surface area (Å²) >= 11 is 2.22. The van der Waals surface area contributed by atoms with Crippen molar-refractivity contribution < 1.29 is 14.3 Å². The lowest BCUT2D eigenvalue weighted by Gasteiger charge is -2.10. The molecule has 5 nitrogen and oxygen atoms in total. The molecular formula is C20H17IN2O3. The Morgan fingerprint density at radius 1 is 0.962 bits per heavy atom. The number of nitrogens with zero attached hydrogens (tertiary/aromatic N) is 1. The Bertz CT molecular complexity index is 854. The molecule has 1 heterocycles. The zero-order valence-corrected chi connectivity index (χ0v) is 16.0. The van der Waals surface area contributed by atoms with Crippen LogP contribution >= 0.6 is 22.6 Å². The van der Waals surface area contributed by atoms with Crippen molar-refractivity contribution >= 4 is 34.2 Å². The predicted octanol–water partition coefficient (Wildman–Crippen LogP) is 4.28. The first-order valence-electron chi connectivity index (χ1n) is 8.00.